The van der Waals surface area contributed by atoms with Crippen LogP contribution in [0.1, 0.15) is 25.3 Å². The van der Waals surface area contributed by atoms with Gasteiger partial charge in [0.2, 0.25) is 5.75 Å². The standard InChI is InChI=1S/C17H18N2O7S2/c1-3-6-26-14(20)4-5-18-16(22)13(28-17(18)27)9-10-7-11(19(23)24)15(21)12(8-10)25-2/h7-9,21H,3-6H2,1-2H3/b13-9-. The molecular weight excluding hydrogens is 408 g/mol. The number of rotatable bonds is 8. The van der Waals surface area contributed by atoms with Gasteiger partial charge in [-0.05, 0) is 24.1 Å². The molecule has 0 spiro atoms. The van der Waals surface area contributed by atoms with Crippen LogP contribution in [-0.4, -0.2) is 51.4 Å². The normalized spacial score (nSPS) is 15.2. The minimum absolute atomic E-state index is 0.0121. The number of phenolic OH excluding ortho intramolecular Hbond substituents is 1. The molecule has 0 bridgehead atoms. The Balaban J connectivity index is 2.20. The Kier molecular flexibility index (Phi) is 7.35. The Morgan fingerprint density at radius 2 is 2.18 bits per heavy atom. The molecular formula is C17H18N2O7S2. The first kappa shape index (κ1) is 21.6. The number of esters is 1. The molecule has 1 aromatic rings. The van der Waals surface area contributed by atoms with Crippen LogP contribution in [0.2, 0.25) is 0 Å². The van der Waals surface area contributed by atoms with Crippen LogP contribution < -0.4 is 4.74 Å². The zero-order valence-electron chi connectivity index (χ0n) is 15.2. The lowest BCUT2D eigenvalue weighted by molar-refractivity contribution is -0.386. The fourth-order valence-corrected chi connectivity index (χ4v) is 3.64. The minimum Gasteiger partial charge on any atom is -0.500 e. The van der Waals surface area contributed by atoms with E-state index in [9.17, 15) is 24.8 Å². The van der Waals surface area contributed by atoms with Crippen molar-refractivity contribution in [1.29, 1.82) is 0 Å². The number of nitro benzene ring substituents is 1. The molecule has 1 amide bonds. The van der Waals surface area contributed by atoms with E-state index in [1.807, 2.05) is 6.92 Å². The van der Waals surface area contributed by atoms with Crippen LogP contribution in [0.5, 0.6) is 11.5 Å². The quantitative estimate of drug-likeness (QED) is 0.220. The van der Waals surface area contributed by atoms with Crippen molar-refractivity contribution in [2.24, 2.45) is 0 Å². The van der Waals surface area contributed by atoms with Gasteiger partial charge in [-0.3, -0.25) is 24.6 Å². The Hall–Kier alpha value is -2.66. The average molecular weight is 426 g/mol. The minimum atomic E-state index is -0.748. The molecule has 1 aliphatic heterocycles. The molecule has 1 heterocycles. The Morgan fingerprint density at radius 3 is 2.79 bits per heavy atom. The number of amides is 1. The summed E-state index contributed by atoms with van der Waals surface area (Å²) in [4.78, 5) is 36.1. The molecule has 0 radical (unpaired) electrons. The molecule has 28 heavy (non-hydrogen) atoms. The highest BCUT2D eigenvalue weighted by Gasteiger charge is 2.32. The van der Waals surface area contributed by atoms with Crippen molar-refractivity contribution in [2.75, 3.05) is 20.3 Å². The number of hydrogen-bond donors (Lipinski definition) is 1. The highest BCUT2D eigenvalue weighted by Crippen LogP contribution is 2.39. The van der Waals surface area contributed by atoms with E-state index in [1.54, 1.807) is 0 Å². The molecule has 1 N–H and O–H groups in total. The molecule has 1 aliphatic rings. The first-order valence-corrected chi connectivity index (χ1v) is 9.47. The molecule has 1 fully saturated rings. The number of nitrogens with zero attached hydrogens (tertiary/aromatic N) is 2. The number of phenols is 1. The summed E-state index contributed by atoms with van der Waals surface area (Å²) in [7, 11) is 1.26. The predicted molar refractivity (Wildman–Crippen MR) is 107 cm³/mol. The maximum atomic E-state index is 12.6. The smallest absolute Gasteiger partial charge is 0.315 e. The molecule has 0 unspecified atom stereocenters. The van der Waals surface area contributed by atoms with E-state index in [0.29, 0.717) is 18.6 Å². The Labute approximate surface area is 170 Å². The number of benzene rings is 1. The fraction of sp³-hybridized carbons (Fsp3) is 0.353. The van der Waals surface area contributed by atoms with E-state index in [0.717, 1.165) is 17.8 Å². The number of methoxy groups -OCH3 is 1. The topological polar surface area (TPSA) is 119 Å². The molecule has 9 nitrogen and oxygen atoms in total. The lowest BCUT2D eigenvalue weighted by Crippen LogP contribution is -2.30. The highest BCUT2D eigenvalue weighted by molar-refractivity contribution is 8.26. The predicted octanol–water partition coefficient (Wildman–Crippen LogP) is 2.85. The van der Waals surface area contributed by atoms with Crippen molar-refractivity contribution >= 4 is 51.9 Å². The summed E-state index contributed by atoms with van der Waals surface area (Å²) in [6, 6.07) is 2.50. The van der Waals surface area contributed by atoms with Gasteiger partial charge in [0.1, 0.15) is 4.32 Å². The number of carbonyl (C=O) groups is 2. The van der Waals surface area contributed by atoms with Crippen molar-refractivity contribution in [2.45, 2.75) is 19.8 Å². The van der Waals surface area contributed by atoms with Crippen LogP contribution in [-0.2, 0) is 14.3 Å². The number of thiocarbonyl (C=S) groups is 1. The third-order valence-corrected chi connectivity index (χ3v) is 5.05. The molecule has 0 saturated carbocycles. The van der Waals surface area contributed by atoms with Crippen LogP contribution >= 0.6 is 24.0 Å². The number of thioether (sulfide) groups is 1. The zero-order valence-corrected chi connectivity index (χ0v) is 16.8. The molecule has 0 aromatic heterocycles. The highest BCUT2D eigenvalue weighted by atomic mass is 32.2. The third kappa shape index (κ3) is 4.98. The maximum Gasteiger partial charge on any atom is 0.315 e. The first-order chi connectivity index (χ1) is 13.3. The molecule has 2 rings (SSSR count). The fourth-order valence-electron chi connectivity index (χ4n) is 2.33. The SMILES string of the molecule is CCCOC(=O)CCN1C(=O)/C(=C/c2cc(OC)c(O)c([N+](=O)[O-])c2)SC1=S. The van der Waals surface area contributed by atoms with Gasteiger partial charge in [0.25, 0.3) is 5.91 Å². The van der Waals surface area contributed by atoms with Gasteiger partial charge in [-0.1, -0.05) is 30.9 Å². The number of carbonyl (C=O) groups excluding carboxylic acids is 2. The number of nitro groups is 1. The number of aromatic hydroxyl groups is 1. The van der Waals surface area contributed by atoms with Gasteiger partial charge in [0, 0.05) is 12.6 Å². The zero-order chi connectivity index (χ0) is 20.8. The molecule has 150 valence electrons. The van der Waals surface area contributed by atoms with Gasteiger partial charge in [0.05, 0.1) is 30.0 Å². The Bertz CT molecular complexity index is 854. The summed E-state index contributed by atoms with van der Waals surface area (Å²) in [5.74, 6) is -1.51. The third-order valence-electron chi connectivity index (χ3n) is 3.67. The lowest BCUT2D eigenvalue weighted by Gasteiger charge is -2.13. The van der Waals surface area contributed by atoms with E-state index in [2.05, 4.69) is 0 Å². The maximum absolute atomic E-state index is 12.6. The van der Waals surface area contributed by atoms with E-state index in [4.69, 9.17) is 21.7 Å². The van der Waals surface area contributed by atoms with E-state index < -0.39 is 28.2 Å². The molecule has 0 atom stereocenters. The molecule has 1 aromatic carbocycles. The summed E-state index contributed by atoms with van der Waals surface area (Å²) in [5.41, 5.74) is -0.246. The summed E-state index contributed by atoms with van der Waals surface area (Å²) in [6.07, 6.45) is 2.14. The van der Waals surface area contributed by atoms with Gasteiger partial charge in [-0.15, -0.1) is 0 Å². The number of hydrogen-bond acceptors (Lipinski definition) is 9. The summed E-state index contributed by atoms with van der Waals surface area (Å²) >= 11 is 6.21. The molecule has 11 heteroatoms. The lowest BCUT2D eigenvalue weighted by atomic mass is 10.1. The van der Waals surface area contributed by atoms with Crippen LogP contribution in [0.4, 0.5) is 5.69 Å². The monoisotopic (exact) mass is 426 g/mol. The van der Waals surface area contributed by atoms with Gasteiger partial charge in [0.15, 0.2) is 5.75 Å². The van der Waals surface area contributed by atoms with E-state index >= 15 is 0 Å². The molecule has 1 saturated heterocycles. The Morgan fingerprint density at radius 1 is 1.46 bits per heavy atom. The molecule has 0 aliphatic carbocycles. The number of ether oxygens (including phenoxy) is 2. The van der Waals surface area contributed by atoms with Crippen molar-refractivity contribution < 1.29 is 29.1 Å². The van der Waals surface area contributed by atoms with Gasteiger partial charge in [-0.25, -0.2) is 0 Å². The second-order valence-electron chi connectivity index (χ2n) is 5.65. The first-order valence-electron chi connectivity index (χ1n) is 8.24. The second-order valence-corrected chi connectivity index (χ2v) is 7.33. The second kappa shape index (κ2) is 9.51. The van der Waals surface area contributed by atoms with Gasteiger partial charge < -0.3 is 14.6 Å². The van der Waals surface area contributed by atoms with Crippen molar-refractivity contribution in [1.82, 2.24) is 4.90 Å². The van der Waals surface area contributed by atoms with E-state index in [1.165, 1.54) is 24.2 Å². The van der Waals surface area contributed by atoms with E-state index in [-0.39, 0.29) is 27.9 Å². The van der Waals surface area contributed by atoms with Crippen molar-refractivity contribution in [3.05, 3.63) is 32.7 Å². The largest absolute Gasteiger partial charge is 0.500 e. The van der Waals surface area contributed by atoms with Crippen LogP contribution in [0.3, 0.4) is 0 Å². The summed E-state index contributed by atoms with van der Waals surface area (Å²) < 4.78 is 10.2. The van der Waals surface area contributed by atoms with Gasteiger partial charge >= 0.3 is 11.7 Å². The summed E-state index contributed by atoms with van der Waals surface area (Å²) in [6.45, 7) is 2.28. The van der Waals surface area contributed by atoms with Crippen LogP contribution in [0.25, 0.3) is 6.08 Å². The van der Waals surface area contributed by atoms with Crippen LogP contribution in [0.15, 0.2) is 17.0 Å². The van der Waals surface area contributed by atoms with Crippen LogP contribution in [0, 0.1) is 10.1 Å². The van der Waals surface area contributed by atoms with Gasteiger partial charge in [-0.2, -0.15) is 0 Å². The summed E-state index contributed by atoms with van der Waals surface area (Å²) in [5, 5.41) is 20.9. The van der Waals surface area contributed by atoms with Crippen molar-refractivity contribution in [3.8, 4) is 11.5 Å². The van der Waals surface area contributed by atoms with Crippen molar-refractivity contribution in [3.63, 3.8) is 0 Å². The average Bonchev–Trinajstić information content (AvgIpc) is 2.92.